The van der Waals surface area contributed by atoms with E-state index in [0.29, 0.717) is 6.04 Å². The van der Waals surface area contributed by atoms with Crippen molar-refractivity contribution in [2.24, 2.45) is 0 Å². The fraction of sp³-hybridized carbons (Fsp3) is 0.571. The van der Waals surface area contributed by atoms with E-state index in [-0.39, 0.29) is 0 Å². The zero-order chi connectivity index (χ0) is 12.3. The van der Waals surface area contributed by atoms with Crippen LogP contribution in [0.2, 0.25) is 0 Å². The highest BCUT2D eigenvalue weighted by atomic mass is 16.5. The summed E-state index contributed by atoms with van der Waals surface area (Å²) in [6, 6.07) is 4.84. The van der Waals surface area contributed by atoms with Crippen LogP contribution in [0.5, 0.6) is 5.75 Å². The average Bonchev–Trinajstić information content (AvgIpc) is 2.35. The summed E-state index contributed by atoms with van der Waals surface area (Å²) >= 11 is 0. The molecule has 1 aromatic carbocycles. The lowest BCUT2D eigenvalue weighted by Gasteiger charge is -2.27. The first-order valence-electron chi connectivity index (χ1n) is 6.40. The second-order valence-electron chi connectivity index (χ2n) is 4.62. The lowest BCUT2D eigenvalue weighted by atomic mass is 9.97. The molecule has 1 atom stereocenters. The van der Waals surface area contributed by atoms with Gasteiger partial charge in [0.15, 0.2) is 0 Å². The van der Waals surface area contributed by atoms with Crippen LogP contribution in [0.4, 0.5) is 0 Å². The Morgan fingerprint density at radius 2 is 2.06 bits per heavy atom. The molecular weight excluding hydrogens is 212 g/mol. The van der Waals surface area contributed by atoms with E-state index in [4.69, 9.17) is 4.74 Å². The molecule has 0 spiro atoms. The molecule has 1 aliphatic heterocycles. The van der Waals surface area contributed by atoms with Crippen molar-refractivity contribution < 1.29 is 4.74 Å². The summed E-state index contributed by atoms with van der Waals surface area (Å²) in [7, 11) is 0. The van der Waals surface area contributed by atoms with Crippen molar-refractivity contribution in [2.75, 3.05) is 26.2 Å². The third kappa shape index (κ3) is 2.79. The first-order valence-corrected chi connectivity index (χ1v) is 6.40. The molecule has 0 saturated carbocycles. The average molecular weight is 234 g/mol. The number of piperazine rings is 1. The van der Waals surface area contributed by atoms with Gasteiger partial charge in [-0.25, -0.2) is 0 Å². The van der Waals surface area contributed by atoms with Gasteiger partial charge < -0.3 is 15.4 Å². The second-order valence-corrected chi connectivity index (χ2v) is 4.62. The van der Waals surface area contributed by atoms with Gasteiger partial charge in [0, 0.05) is 25.7 Å². The van der Waals surface area contributed by atoms with E-state index in [2.05, 4.69) is 36.6 Å². The Bertz CT molecular complexity index is 384. The fourth-order valence-corrected chi connectivity index (χ4v) is 2.37. The van der Waals surface area contributed by atoms with Gasteiger partial charge in [0.1, 0.15) is 5.75 Å². The molecule has 1 fully saturated rings. The highest BCUT2D eigenvalue weighted by molar-refractivity contribution is 5.43. The molecule has 2 rings (SSSR count). The molecule has 1 aromatic rings. The summed E-state index contributed by atoms with van der Waals surface area (Å²) < 4.78 is 5.62. The van der Waals surface area contributed by atoms with Crippen molar-refractivity contribution in [1.29, 1.82) is 0 Å². The van der Waals surface area contributed by atoms with Gasteiger partial charge in [0.2, 0.25) is 0 Å². The molecule has 0 aromatic heterocycles. The highest BCUT2D eigenvalue weighted by Crippen LogP contribution is 2.27. The Morgan fingerprint density at radius 1 is 1.24 bits per heavy atom. The first-order chi connectivity index (χ1) is 8.22. The van der Waals surface area contributed by atoms with Gasteiger partial charge in [0.05, 0.1) is 6.61 Å². The first kappa shape index (κ1) is 12.4. The summed E-state index contributed by atoms with van der Waals surface area (Å²) in [4.78, 5) is 0. The van der Waals surface area contributed by atoms with Crippen LogP contribution in [-0.2, 0) is 0 Å². The molecular formula is C14H22N2O. The van der Waals surface area contributed by atoms with E-state index < -0.39 is 0 Å². The summed E-state index contributed by atoms with van der Waals surface area (Å²) in [5, 5.41) is 6.98. The van der Waals surface area contributed by atoms with Crippen LogP contribution in [-0.4, -0.2) is 26.2 Å². The Morgan fingerprint density at radius 3 is 2.71 bits per heavy atom. The Labute approximate surface area is 104 Å². The monoisotopic (exact) mass is 234 g/mol. The van der Waals surface area contributed by atoms with Crippen molar-refractivity contribution in [2.45, 2.75) is 26.8 Å². The molecule has 17 heavy (non-hydrogen) atoms. The third-order valence-electron chi connectivity index (χ3n) is 3.28. The molecule has 0 radical (unpaired) electrons. The summed E-state index contributed by atoms with van der Waals surface area (Å²) in [6.07, 6.45) is 0. The van der Waals surface area contributed by atoms with Crippen LogP contribution in [0.3, 0.4) is 0 Å². The number of rotatable bonds is 3. The minimum atomic E-state index is 0.429. The molecule has 1 saturated heterocycles. The number of hydrogen-bond acceptors (Lipinski definition) is 3. The Kier molecular flexibility index (Phi) is 4.02. The van der Waals surface area contributed by atoms with Crippen LogP contribution >= 0.6 is 0 Å². The van der Waals surface area contributed by atoms with Gasteiger partial charge >= 0.3 is 0 Å². The van der Waals surface area contributed by atoms with Gasteiger partial charge in [0.25, 0.3) is 0 Å². The summed E-state index contributed by atoms with van der Waals surface area (Å²) in [5.74, 6) is 1.01. The van der Waals surface area contributed by atoms with Crippen LogP contribution in [0.1, 0.15) is 29.7 Å². The van der Waals surface area contributed by atoms with Gasteiger partial charge in [-0.05, 0) is 43.5 Å². The minimum absolute atomic E-state index is 0.429. The lowest BCUT2D eigenvalue weighted by molar-refractivity contribution is 0.337. The SMILES string of the molecule is CCOc1cc(C)c(C2CNCCN2)cc1C. The Balaban J connectivity index is 2.25. The minimum Gasteiger partial charge on any atom is -0.494 e. The smallest absolute Gasteiger partial charge is 0.122 e. The number of benzene rings is 1. The van der Waals surface area contributed by atoms with Gasteiger partial charge in [-0.3, -0.25) is 0 Å². The fourth-order valence-electron chi connectivity index (χ4n) is 2.37. The third-order valence-corrected chi connectivity index (χ3v) is 3.28. The number of nitrogens with one attached hydrogen (secondary N) is 2. The van der Waals surface area contributed by atoms with Crippen LogP contribution in [0.15, 0.2) is 12.1 Å². The van der Waals surface area contributed by atoms with Crippen molar-refractivity contribution in [1.82, 2.24) is 10.6 Å². The van der Waals surface area contributed by atoms with Gasteiger partial charge in [-0.1, -0.05) is 6.07 Å². The van der Waals surface area contributed by atoms with Gasteiger partial charge in [-0.15, -0.1) is 0 Å². The molecule has 1 aliphatic rings. The van der Waals surface area contributed by atoms with E-state index in [9.17, 15) is 0 Å². The van der Waals surface area contributed by atoms with E-state index in [1.807, 2.05) is 6.92 Å². The molecule has 1 unspecified atom stereocenters. The van der Waals surface area contributed by atoms with E-state index in [1.54, 1.807) is 0 Å². The molecule has 0 amide bonds. The van der Waals surface area contributed by atoms with Crippen molar-refractivity contribution in [3.05, 3.63) is 28.8 Å². The summed E-state index contributed by atoms with van der Waals surface area (Å²) in [5.41, 5.74) is 3.92. The van der Waals surface area contributed by atoms with Crippen molar-refractivity contribution >= 4 is 0 Å². The van der Waals surface area contributed by atoms with Crippen LogP contribution in [0.25, 0.3) is 0 Å². The molecule has 3 heteroatoms. The normalized spacial score (nSPS) is 20.3. The van der Waals surface area contributed by atoms with Gasteiger partial charge in [-0.2, -0.15) is 0 Å². The molecule has 94 valence electrons. The van der Waals surface area contributed by atoms with Crippen molar-refractivity contribution in [3.63, 3.8) is 0 Å². The molecule has 0 bridgehead atoms. The standard InChI is InChI=1S/C14H22N2O/c1-4-17-14-8-10(2)12(7-11(14)3)13-9-15-5-6-16-13/h7-8,13,15-16H,4-6,9H2,1-3H3. The predicted molar refractivity (Wildman–Crippen MR) is 70.7 cm³/mol. The highest BCUT2D eigenvalue weighted by Gasteiger charge is 2.17. The molecule has 3 nitrogen and oxygen atoms in total. The van der Waals surface area contributed by atoms with E-state index in [1.165, 1.54) is 16.7 Å². The Hall–Kier alpha value is -1.06. The molecule has 0 aliphatic carbocycles. The maximum absolute atomic E-state index is 5.62. The maximum atomic E-state index is 5.62. The van der Waals surface area contributed by atoms with Crippen LogP contribution < -0.4 is 15.4 Å². The molecule has 1 heterocycles. The maximum Gasteiger partial charge on any atom is 0.122 e. The van der Waals surface area contributed by atoms with E-state index in [0.717, 1.165) is 32.0 Å². The number of ether oxygens (including phenoxy) is 1. The quantitative estimate of drug-likeness (QED) is 0.838. The second kappa shape index (κ2) is 5.52. The van der Waals surface area contributed by atoms with E-state index >= 15 is 0 Å². The number of hydrogen-bond donors (Lipinski definition) is 2. The predicted octanol–water partition coefficient (Wildman–Crippen LogP) is 1.94. The summed E-state index contributed by atoms with van der Waals surface area (Å²) in [6.45, 7) is 10.1. The number of aryl methyl sites for hydroxylation is 2. The van der Waals surface area contributed by atoms with Crippen molar-refractivity contribution in [3.8, 4) is 5.75 Å². The zero-order valence-corrected chi connectivity index (χ0v) is 11.0. The lowest BCUT2D eigenvalue weighted by Crippen LogP contribution is -2.42. The largest absolute Gasteiger partial charge is 0.494 e. The topological polar surface area (TPSA) is 33.3 Å². The van der Waals surface area contributed by atoms with Crippen LogP contribution in [0, 0.1) is 13.8 Å². The zero-order valence-electron chi connectivity index (χ0n) is 11.0. The molecule has 2 N–H and O–H groups in total.